The van der Waals surface area contributed by atoms with Gasteiger partial charge in [-0.25, -0.2) is 14.4 Å². The number of allylic oxidation sites excluding steroid dienone is 2. The van der Waals surface area contributed by atoms with Gasteiger partial charge < -0.3 is 15.4 Å². The summed E-state index contributed by atoms with van der Waals surface area (Å²) in [5.41, 5.74) is 12.9. The molecule has 5 rings (SSSR count). The maximum Gasteiger partial charge on any atom is 0.225 e. The second-order valence-corrected chi connectivity index (χ2v) is 10.8. The van der Waals surface area contributed by atoms with Gasteiger partial charge >= 0.3 is 0 Å². The van der Waals surface area contributed by atoms with Gasteiger partial charge in [0.2, 0.25) is 5.95 Å². The van der Waals surface area contributed by atoms with E-state index in [4.69, 9.17) is 20.4 Å². The predicted molar refractivity (Wildman–Crippen MR) is 160 cm³/mol. The van der Waals surface area contributed by atoms with Crippen LogP contribution in [-0.4, -0.2) is 23.1 Å². The van der Waals surface area contributed by atoms with Crippen molar-refractivity contribution in [2.75, 3.05) is 23.7 Å². The van der Waals surface area contributed by atoms with Crippen LogP contribution in [-0.2, 0) is 18.0 Å². The van der Waals surface area contributed by atoms with Gasteiger partial charge in [-0.2, -0.15) is 5.26 Å². The van der Waals surface area contributed by atoms with Gasteiger partial charge in [0.25, 0.3) is 0 Å². The summed E-state index contributed by atoms with van der Waals surface area (Å²) in [6.45, 7) is 12.5. The molecule has 1 atom stereocenters. The molecule has 0 aliphatic carbocycles. The maximum atomic E-state index is 15.2. The zero-order valence-corrected chi connectivity index (χ0v) is 24.7. The number of anilines is 2. The largest absolute Gasteiger partial charge is 0.389 e. The number of halogens is 1. The minimum atomic E-state index is -0.387. The zero-order chi connectivity index (χ0) is 27.6. The molecule has 0 radical (unpaired) electrons. The Hall–Kier alpha value is -2.85. The molecule has 2 N–H and O–H groups in total. The van der Waals surface area contributed by atoms with Crippen LogP contribution in [0.2, 0.25) is 0 Å². The lowest BCUT2D eigenvalue weighted by Gasteiger charge is -2.22. The molecule has 2 aromatic heterocycles. The number of ether oxygens (including phenoxy) is 1. The summed E-state index contributed by atoms with van der Waals surface area (Å²) < 4.78 is 21.1. The van der Waals surface area contributed by atoms with Crippen molar-refractivity contribution in [3.05, 3.63) is 50.5 Å². The molecule has 0 bridgehead atoms. The fourth-order valence-electron chi connectivity index (χ4n) is 5.15. The van der Waals surface area contributed by atoms with Crippen LogP contribution in [0, 0.1) is 11.3 Å². The molecule has 1 unspecified atom stereocenters. The third kappa shape index (κ3) is 4.73. The number of rotatable bonds is 5. The molecular formula is C29H35FN5OPS. The molecule has 0 saturated carbocycles. The lowest BCUT2D eigenvalue weighted by atomic mass is 9.85. The third-order valence-corrected chi connectivity index (χ3v) is 8.74. The Balaban J connectivity index is 0.00000164. The van der Waals surface area contributed by atoms with Crippen molar-refractivity contribution in [2.45, 2.75) is 67.1 Å². The molecule has 6 nitrogen and oxygen atoms in total. The van der Waals surface area contributed by atoms with Crippen LogP contribution in [0.1, 0.15) is 86.6 Å². The highest BCUT2D eigenvalue weighted by atomic mass is 32.1. The number of thiophene rings is 1. The Kier molecular flexibility index (Phi) is 8.82. The summed E-state index contributed by atoms with van der Waals surface area (Å²) in [5.74, 6) is 0.339. The lowest BCUT2D eigenvalue weighted by molar-refractivity contribution is 0.135. The van der Waals surface area contributed by atoms with Crippen LogP contribution in [0.4, 0.5) is 15.3 Å². The van der Waals surface area contributed by atoms with Crippen molar-refractivity contribution >= 4 is 59.1 Å². The quantitative estimate of drug-likeness (QED) is 0.349. The molecular weight excluding hydrogens is 516 g/mol. The van der Waals surface area contributed by atoms with E-state index in [1.165, 1.54) is 6.08 Å². The summed E-state index contributed by atoms with van der Waals surface area (Å²) in [4.78, 5) is 12.3. The SMILES string of the molecule is C/C=C(/F)c1sc(N)c(C#N)c1/C(=C(\C)CC)c1c2c(c3cnc(N4CCCC4)nc3c1P)COC2.CC. The number of nitrogens with two attached hydrogens (primary N) is 1. The Morgan fingerprint density at radius 2 is 1.95 bits per heavy atom. The number of hydrogen-bond acceptors (Lipinski definition) is 7. The normalized spacial score (nSPS) is 15.7. The van der Waals surface area contributed by atoms with Crippen LogP contribution in [0.15, 0.2) is 17.8 Å². The summed E-state index contributed by atoms with van der Waals surface area (Å²) in [6.07, 6.45) is 6.33. The van der Waals surface area contributed by atoms with Crippen molar-refractivity contribution in [1.82, 2.24) is 9.97 Å². The zero-order valence-electron chi connectivity index (χ0n) is 22.7. The first-order valence-electron chi connectivity index (χ1n) is 13.2. The molecule has 1 aromatic carbocycles. The highest BCUT2D eigenvalue weighted by Crippen LogP contribution is 2.46. The first-order chi connectivity index (χ1) is 18.4. The number of benzene rings is 1. The number of nitriles is 1. The van der Waals surface area contributed by atoms with Crippen molar-refractivity contribution in [3.63, 3.8) is 0 Å². The second-order valence-electron chi connectivity index (χ2n) is 9.17. The van der Waals surface area contributed by atoms with E-state index < -0.39 is 0 Å². The van der Waals surface area contributed by atoms with E-state index in [2.05, 4.69) is 27.1 Å². The molecule has 0 spiro atoms. The van der Waals surface area contributed by atoms with Crippen molar-refractivity contribution in [3.8, 4) is 6.07 Å². The van der Waals surface area contributed by atoms with Gasteiger partial charge in [0, 0.05) is 35.5 Å². The van der Waals surface area contributed by atoms with E-state index in [0.29, 0.717) is 34.2 Å². The molecule has 0 amide bonds. The Labute approximate surface area is 230 Å². The summed E-state index contributed by atoms with van der Waals surface area (Å²) in [5, 5.41) is 12.3. The monoisotopic (exact) mass is 551 g/mol. The standard InChI is InChI=1S/C27H29FN5OPS.C2H6/c1-4-14(3)20(22-15(10-29)26(30)36-25(22)19(28)5-2)21-18-13-34-12-17(18)16-11-31-27(32-23(16)24(21)35)33-8-6-7-9-33;1-2/h5,11H,4,6-9,12-13,30,35H2,1-3H3;1-2H3/b19-5+,20-14+;. The summed E-state index contributed by atoms with van der Waals surface area (Å²) in [6, 6.07) is 2.25. The van der Waals surface area contributed by atoms with Gasteiger partial charge in [0.05, 0.1) is 29.2 Å². The number of nitrogen functional groups attached to an aromatic ring is 1. The van der Waals surface area contributed by atoms with Crippen LogP contribution in [0.3, 0.4) is 0 Å². The third-order valence-electron chi connectivity index (χ3n) is 7.15. The van der Waals surface area contributed by atoms with E-state index >= 15 is 4.39 Å². The fraction of sp³-hybridized carbons (Fsp3) is 0.414. The highest BCUT2D eigenvalue weighted by molar-refractivity contribution is 7.28. The Morgan fingerprint density at radius 3 is 2.58 bits per heavy atom. The first-order valence-corrected chi connectivity index (χ1v) is 14.6. The highest BCUT2D eigenvalue weighted by Gasteiger charge is 2.31. The second kappa shape index (κ2) is 11.9. The smallest absolute Gasteiger partial charge is 0.225 e. The number of hydrogen-bond donors (Lipinski definition) is 1. The molecule has 2 aliphatic heterocycles. The molecule has 9 heteroatoms. The molecule has 200 valence electrons. The van der Waals surface area contributed by atoms with Crippen LogP contribution >= 0.6 is 20.6 Å². The topological polar surface area (TPSA) is 88.1 Å². The molecule has 4 heterocycles. The fourth-order valence-corrected chi connectivity index (χ4v) is 6.68. The molecule has 3 aromatic rings. The summed E-state index contributed by atoms with van der Waals surface area (Å²) in [7, 11) is 2.87. The number of nitrogens with zero attached hydrogens (tertiary/aromatic N) is 4. The van der Waals surface area contributed by atoms with E-state index in [1.54, 1.807) is 6.92 Å². The van der Waals surface area contributed by atoms with Crippen molar-refractivity contribution < 1.29 is 9.13 Å². The van der Waals surface area contributed by atoms with Crippen LogP contribution in [0.25, 0.3) is 22.3 Å². The van der Waals surface area contributed by atoms with Crippen LogP contribution < -0.4 is 15.9 Å². The molecule has 38 heavy (non-hydrogen) atoms. The van der Waals surface area contributed by atoms with Crippen LogP contribution in [0.5, 0.6) is 0 Å². The van der Waals surface area contributed by atoms with Gasteiger partial charge in [-0.3, -0.25) is 0 Å². The lowest BCUT2D eigenvalue weighted by Crippen LogP contribution is -2.21. The van der Waals surface area contributed by atoms with E-state index in [-0.39, 0.29) is 5.83 Å². The first kappa shape index (κ1) is 28.2. The molecule has 2 aliphatic rings. The van der Waals surface area contributed by atoms with Gasteiger partial charge in [-0.15, -0.1) is 20.6 Å². The van der Waals surface area contributed by atoms with Gasteiger partial charge in [0.15, 0.2) is 0 Å². The minimum Gasteiger partial charge on any atom is -0.389 e. The average Bonchev–Trinajstić information content (AvgIpc) is 3.71. The van der Waals surface area contributed by atoms with E-state index in [0.717, 1.165) is 93.7 Å². The van der Waals surface area contributed by atoms with Crippen molar-refractivity contribution in [1.29, 1.82) is 5.26 Å². The average molecular weight is 552 g/mol. The maximum absolute atomic E-state index is 15.2. The van der Waals surface area contributed by atoms with E-state index in [9.17, 15) is 5.26 Å². The summed E-state index contributed by atoms with van der Waals surface area (Å²) >= 11 is 1.12. The minimum absolute atomic E-state index is 0.312. The predicted octanol–water partition coefficient (Wildman–Crippen LogP) is 6.86. The Morgan fingerprint density at radius 1 is 1.26 bits per heavy atom. The Bertz CT molecular complexity index is 1480. The van der Waals surface area contributed by atoms with Gasteiger partial charge in [0.1, 0.15) is 16.9 Å². The van der Waals surface area contributed by atoms with Gasteiger partial charge in [-0.1, -0.05) is 32.4 Å². The molecule has 1 fully saturated rings. The van der Waals surface area contributed by atoms with Gasteiger partial charge in [-0.05, 0) is 55.4 Å². The number of aromatic nitrogens is 2. The van der Waals surface area contributed by atoms with Crippen molar-refractivity contribution in [2.24, 2.45) is 0 Å². The number of fused-ring (bicyclic) bond motifs is 3. The molecule has 1 saturated heterocycles. The van der Waals surface area contributed by atoms with E-state index in [1.807, 2.05) is 27.0 Å².